The maximum Gasteiger partial charge on any atom is -0.0127 e. The van der Waals surface area contributed by atoms with Crippen LogP contribution in [-0.2, 0) is 0 Å². The van der Waals surface area contributed by atoms with Crippen LogP contribution in [0, 0.1) is 0 Å². The number of rotatable bonds is 1. The second kappa shape index (κ2) is 4.27. The number of hydrogen-bond donors (Lipinski definition) is 0. The first-order valence-electron chi connectivity index (χ1n) is 5.17. The molecule has 1 aliphatic rings. The monoisotopic (exact) mass is 172 g/mol. The number of benzene rings is 1. The molecule has 1 aliphatic carbocycles. The van der Waals surface area contributed by atoms with E-state index in [1.807, 2.05) is 0 Å². The van der Waals surface area contributed by atoms with Crippen molar-refractivity contribution in [2.75, 3.05) is 0 Å². The molecule has 2 rings (SSSR count). The van der Waals surface area contributed by atoms with E-state index in [1.165, 1.54) is 31.2 Å². The first-order valence-corrected chi connectivity index (χ1v) is 5.17. The number of hydrogen-bond acceptors (Lipinski definition) is 0. The van der Waals surface area contributed by atoms with Gasteiger partial charge in [0.15, 0.2) is 0 Å². The molecule has 0 radical (unpaired) electrons. The van der Waals surface area contributed by atoms with E-state index in [0.29, 0.717) is 0 Å². The van der Waals surface area contributed by atoms with Gasteiger partial charge in [0.25, 0.3) is 0 Å². The van der Waals surface area contributed by atoms with E-state index in [9.17, 15) is 0 Å². The van der Waals surface area contributed by atoms with Crippen molar-refractivity contribution in [2.24, 2.45) is 0 Å². The molecule has 13 heavy (non-hydrogen) atoms. The summed E-state index contributed by atoms with van der Waals surface area (Å²) in [6, 6.07) is 10.9. The lowest BCUT2D eigenvalue weighted by Crippen LogP contribution is -1.95. The van der Waals surface area contributed by atoms with E-state index in [4.69, 9.17) is 0 Å². The van der Waals surface area contributed by atoms with E-state index in [1.54, 1.807) is 0 Å². The topological polar surface area (TPSA) is 0 Å². The van der Waals surface area contributed by atoms with Gasteiger partial charge in [0.1, 0.15) is 0 Å². The maximum absolute atomic E-state index is 2.34. The van der Waals surface area contributed by atoms with Gasteiger partial charge in [-0.3, -0.25) is 0 Å². The summed E-state index contributed by atoms with van der Waals surface area (Å²) in [5, 5.41) is 0. The largest absolute Gasteiger partial charge is 0.0885 e. The molecule has 0 amide bonds. The minimum Gasteiger partial charge on any atom is -0.0885 e. The second-order valence-corrected chi connectivity index (χ2v) is 3.75. The predicted octanol–water partition coefficient (Wildman–Crippen LogP) is 3.90. The Labute approximate surface area is 80.3 Å². The Morgan fingerprint density at radius 1 is 1.00 bits per heavy atom. The zero-order valence-corrected chi connectivity index (χ0v) is 7.95. The van der Waals surface area contributed by atoms with Crippen LogP contribution in [0.2, 0.25) is 0 Å². The SMILES string of the molecule is C1=CCC(c2ccccc2)CCC1. The molecule has 1 unspecified atom stereocenters. The molecule has 0 saturated heterocycles. The maximum atomic E-state index is 2.34. The third kappa shape index (κ3) is 2.21. The Hall–Kier alpha value is -1.04. The van der Waals surface area contributed by atoms with Crippen LogP contribution in [-0.4, -0.2) is 0 Å². The molecular formula is C13H16. The molecule has 1 atom stereocenters. The lowest BCUT2D eigenvalue weighted by molar-refractivity contribution is 0.618. The van der Waals surface area contributed by atoms with Crippen LogP contribution in [0.1, 0.15) is 37.2 Å². The van der Waals surface area contributed by atoms with Crippen molar-refractivity contribution in [3.63, 3.8) is 0 Å². The molecule has 0 nitrogen and oxygen atoms in total. The van der Waals surface area contributed by atoms with Gasteiger partial charge in [-0.15, -0.1) is 0 Å². The first-order chi connectivity index (χ1) is 6.47. The van der Waals surface area contributed by atoms with Gasteiger partial charge in [0.2, 0.25) is 0 Å². The minimum absolute atomic E-state index is 0.764. The number of allylic oxidation sites excluding steroid dienone is 2. The average Bonchev–Trinajstić information content (AvgIpc) is 2.47. The van der Waals surface area contributed by atoms with Crippen molar-refractivity contribution in [2.45, 2.75) is 31.6 Å². The van der Waals surface area contributed by atoms with Gasteiger partial charge in [-0.2, -0.15) is 0 Å². The Balaban J connectivity index is 2.12. The van der Waals surface area contributed by atoms with E-state index in [-0.39, 0.29) is 0 Å². The van der Waals surface area contributed by atoms with Gasteiger partial charge >= 0.3 is 0 Å². The summed E-state index contributed by atoms with van der Waals surface area (Å²) >= 11 is 0. The molecular weight excluding hydrogens is 156 g/mol. The van der Waals surface area contributed by atoms with Crippen molar-refractivity contribution < 1.29 is 0 Å². The fourth-order valence-electron chi connectivity index (χ4n) is 2.01. The van der Waals surface area contributed by atoms with Crippen molar-refractivity contribution in [3.8, 4) is 0 Å². The average molecular weight is 172 g/mol. The Bertz CT molecular complexity index is 271. The zero-order valence-electron chi connectivity index (χ0n) is 7.95. The molecule has 0 saturated carbocycles. The van der Waals surface area contributed by atoms with E-state index in [0.717, 1.165) is 5.92 Å². The van der Waals surface area contributed by atoms with Gasteiger partial charge in [-0.1, -0.05) is 42.5 Å². The highest BCUT2D eigenvalue weighted by molar-refractivity contribution is 5.20. The van der Waals surface area contributed by atoms with Crippen LogP contribution in [0.3, 0.4) is 0 Å². The van der Waals surface area contributed by atoms with Gasteiger partial charge in [0, 0.05) is 0 Å². The Morgan fingerprint density at radius 3 is 2.69 bits per heavy atom. The van der Waals surface area contributed by atoms with Gasteiger partial charge in [0.05, 0.1) is 0 Å². The Kier molecular flexibility index (Phi) is 2.81. The van der Waals surface area contributed by atoms with E-state index >= 15 is 0 Å². The van der Waals surface area contributed by atoms with Crippen molar-refractivity contribution in [1.29, 1.82) is 0 Å². The molecule has 68 valence electrons. The second-order valence-electron chi connectivity index (χ2n) is 3.75. The highest BCUT2D eigenvalue weighted by atomic mass is 14.1. The van der Waals surface area contributed by atoms with Crippen LogP contribution in [0.4, 0.5) is 0 Å². The molecule has 0 N–H and O–H groups in total. The van der Waals surface area contributed by atoms with Crippen LogP contribution in [0.25, 0.3) is 0 Å². The molecule has 1 aromatic rings. The molecule has 0 heteroatoms. The van der Waals surface area contributed by atoms with Crippen LogP contribution in [0.5, 0.6) is 0 Å². The summed E-state index contributed by atoms with van der Waals surface area (Å²) in [5.41, 5.74) is 1.51. The van der Waals surface area contributed by atoms with Gasteiger partial charge in [-0.05, 0) is 37.2 Å². The van der Waals surface area contributed by atoms with E-state index in [2.05, 4.69) is 42.5 Å². The zero-order chi connectivity index (χ0) is 8.93. The lowest BCUT2D eigenvalue weighted by Gasteiger charge is -2.12. The summed E-state index contributed by atoms with van der Waals surface area (Å²) in [7, 11) is 0. The van der Waals surface area contributed by atoms with Crippen LogP contribution in [0.15, 0.2) is 42.5 Å². The molecule has 0 aromatic heterocycles. The smallest absolute Gasteiger partial charge is 0.0127 e. The van der Waals surface area contributed by atoms with Crippen molar-refractivity contribution >= 4 is 0 Å². The first kappa shape index (κ1) is 8.55. The standard InChI is InChI=1S/C13H16/c1-2-5-9-12(8-4-1)13-10-6-3-7-11-13/h1,3-4,6-7,10-12H,2,5,8-9H2. The predicted molar refractivity (Wildman–Crippen MR) is 56.8 cm³/mol. The fourth-order valence-corrected chi connectivity index (χ4v) is 2.01. The highest BCUT2D eigenvalue weighted by Gasteiger charge is 2.10. The normalized spacial score (nSPS) is 22.6. The van der Waals surface area contributed by atoms with Gasteiger partial charge < -0.3 is 0 Å². The van der Waals surface area contributed by atoms with Gasteiger partial charge in [-0.25, -0.2) is 0 Å². The molecule has 0 bridgehead atoms. The highest BCUT2D eigenvalue weighted by Crippen LogP contribution is 2.28. The lowest BCUT2D eigenvalue weighted by atomic mass is 9.92. The molecule has 0 spiro atoms. The quantitative estimate of drug-likeness (QED) is 0.563. The van der Waals surface area contributed by atoms with E-state index < -0.39 is 0 Å². The summed E-state index contributed by atoms with van der Waals surface area (Å²) in [6.45, 7) is 0. The minimum atomic E-state index is 0.764. The van der Waals surface area contributed by atoms with Crippen LogP contribution >= 0.6 is 0 Å². The molecule has 0 aliphatic heterocycles. The molecule has 1 aromatic carbocycles. The van der Waals surface area contributed by atoms with Crippen molar-refractivity contribution in [1.82, 2.24) is 0 Å². The van der Waals surface area contributed by atoms with Crippen molar-refractivity contribution in [3.05, 3.63) is 48.0 Å². The fraction of sp³-hybridized carbons (Fsp3) is 0.385. The molecule has 0 heterocycles. The molecule has 0 fully saturated rings. The third-order valence-corrected chi connectivity index (χ3v) is 2.78. The summed E-state index contributed by atoms with van der Waals surface area (Å²) in [4.78, 5) is 0. The third-order valence-electron chi connectivity index (χ3n) is 2.78. The summed E-state index contributed by atoms with van der Waals surface area (Å²) < 4.78 is 0. The van der Waals surface area contributed by atoms with Crippen LogP contribution < -0.4 is 0 Å². The summed E-state index contributed by atoms with van der Waals surface area (Å²) in [6.07, 6.45) is 9.84. The Morgan fingerprint density at radius 2 is 1.85 bits per heavy atom. The summed E-state index contributed by atoms with van der Waals surface area (Å²) in [5.74, 6) is 0.764.